The first-order chi connectivity index (χ1) is 13.5. The number of rotatable bonds is 0. The standard InChI is InChI=1S/C22H20N4O2/c1-21-11-16(14-7-3-5-9-18(14)27-21)26-17-12-22(2,25(13-23)20(26)24-21)28-19-10-6-4-8-15(17)19/h3-10,16-17H,11-12H2,1-2H3/t16-,17-,21-,22-/m0/s1. The first kappa shape index (κ1) is 15.8. The topological polar surface area (TPSA) is 61.1 Å². The van der Waals surface area contributed by atoms with Crippen molar-refractivity contribution in [3.8, 4) is 17.7 Å². The Morgan fingerprint density at radius 1 is 0.964 bits per heavy atom. The van der Waals surface area contributed by atoms with Gasteiger partial charge in [0.2, 0.25) is 11.7 Å². The molecule has 0 radical (unpaired) electrons. The SMILES string of the molecule is C[C@@]12C[C@@H](c3ccccc3O1)N1C(=N2)N(C#N)[C@]2(C)C[C@H]1c1ccccc1O2. The zero-order valence-corrected chi connectivity index (χ0v) is 15.8. The van der Waals surface area contributed by atoms with Crippen LogP contribution in [-0.4, -0.2) is 27.2 Å². The Morgan fingerprint density at radius 3 is 2.25 bits per heavy atom. The summed E-state index contributed by atoms with van der Waals surface area (Å²) < 4.78 is 12.6. The fraction of sp³-hybridized carbons (Fsp3) is 0.364. The van der Waals surface area contributed by atoms with E-state index in [4.69, 9.17) is 14.5 Å². The van der Waals surface area contributed by atoms with E-state index in [-0.39, 0.29) is 12.1 Å². The minimum absolute atomic E-state index is 0.0963. The van der Waals surface area contributed by atoms with Crippen LogP contribution in [-0.2, 0) is 0 Å². The van der Waals surface area contributed by atoms with Crippen molar-refractivity contribution in [2.75, 3.05) is 0 Å². The van der Waals surface area contributed by atoms with Gasteiger partial charge in [0.15, 0.2) is 11.9 Å². The molecule has 1 saturated heterocycles. The molecule has 0 aliphatic carbocycles. The van der Waals surface area contributed by atoms with Crippen LogP contribution in [0.4, 0.5) is 0 Å². The Labute approximate surface area is 163 Å². The van der Waals surface area contributed by atoms with Crippen molar-refractivity contribution < 1.29 is 9.47 Å². The Hall–Kier alpha value is -3.20. The predicted octanol–water partition coefficient (Wildman–Crippen LogP) is 3.93. The summed E-state index contributed by atoms with van der Waals surface area (Å²) in [6, 6.07) is 16.5. The Kier molecular flexibility index (Phi) is 2.82. The Balaban J connectivity index is 1.61. The quantitative estimate of drug-likeness (QED) is 0.656. The number of hydrogen-bond donors (Lipinski definition) is 0. The van der Waals surface area contributed by atoms with E-state index < -0.39 is 11.4 Å². The molecule has 6 rings (SSSR count). The average Bonchev–Trinajstić information content (AvgIpc) is 2.67. The van der Waals surface area contributed by atoms with Gasteiger partial charge in [0, 0.05) is 24.0 Å². The molecule has 0 saturated carbocycles. The molecule has 4 aliphatic rings. The van der Waals surface area contributed by atoms with Crippen LogP contribution >= 0.6 is 0 Å². The highest BCUT2D eigenvalue weighted by Crippen LogP contribution is 2.56. The molecule has 28 heavy (non-hydrogen) atoms. The molecule has 6 heteroatoms. The van der Waals surface area contributed by atoms with Crippen molar-refractivity contribution in [3.05, 3.63) is 59.7 Å². The number of benzene rings is 2. The fourth-order valence-corrected chi connectivity index (χ4v) is 5.19. The van der Waals surface area contributed by atoms with Gasteiger partial charge in [0.25, 0.3) is 0 Å². The van der Waals surface area contributed by atoms with Crippen molar-refractivity contribution in [1.29, 1.82) is 5.26 Å². The fourth-order valence-electron chi connectivity index (χ4n) is 5.19. The third kappa shape index (κ3) is 1.89. The highest BCUT2D eigenvalue weighted by atomic mass is 16.5. The minimum atomic E-state index is -0.759. The summed E-state index contributed by atoms with van der Waals surface area (Å²) in [4.78, 5) is 8.89. The van der Waals surface area contributed by atoms with E-state index in [2.05, 4.69) is 23.2 Å². The smallest absolute Gasteiger partial charge is 0.218 e. The van der Waals surface area contributed by atoms with Gasteiger partial charge >= 0.3 is 0 Å². The summed E-state index contributed by atoms with van der Waals surface area (Å²) in [5, 5.41) is 10.0. The van der Waals surface area contributed by atoms with Crippen LogP contribution in [0.2, 0.25) is 0 Å². The average molecular weight is 372 g/mol. The number of nitrogens with zero attached hydrogens (tertiary/aromatic N) is 4. The van der Waals surface area contributed by atoms with E-state index >= 15 is 0 Å². The maximum atomic E-state index is 10.0. The van der Waals surface area contributed by atoms with E-state index in [1.54, 1.807) is 4.90 Å². The van der Waals surface area contributed by atoms with Gasteiger partial charge in [-0.2, -0.15) is 5.26 Å². The monoisotopic (exact) mass is 372 g/mol. The summed E-state index contributed by atoms with van der Waals surface area (Å²) in [5.74, 6) is 2.36. The number of para-hydroxylation sites is 2. The third-order valence-corrected chi connectivity index (χ3v) is 6.37. The zero-order valence-electron chi connectivity index (χ0n) is 15.8. The molecule has 4 bridgehead atoms. The first-order valence-electron chi connectivity index (χ1n) is 9.65. The number of aliphatic imine (C=N–C) groups is 1. The van der Waals surface area contributed by atoms with Gasteiger partial charge in [-0.05, 0) is 26.0 Å². The van der Waals surface area contributed by atoms with E-state index in [1.807, 2.05) is 50.2 Å². The van der Waals surface area contributed by atoms with Gasteiger partial charge in [-0.15, -0.1) is 0 Å². The van der Waals surface area contributed by atoms with Gasteiger partial charge in [0.1, 0.15) is 11.5 Å². The molecular formula is C22H20N4O2. The molecule has 4 heterocycles. The first-order valence-corrected chi connectivity index (χ1v) is 9.65. The molecule has 0 unspecified atom stereocenters. The molecule has 0 N–H and O–H groups in total. The largest absolute Gasteiger partial charge is 0.467 e. The second kappa shape index (κ2) is 4.99. The molecule has 2 aromatic carbocycles. The normalized spacial score (nSPS) is 34.0. The van der Waals surface area contributed by atoms with Crippen molar-refractivity contribution in [2.24, 2.45) is 4.99 Å². The maximum absolute atomic E-state index is 10.0. The third-order valence-electron chi connectivity index (χ3n) is 6.37. The summed E-state index contributed by atoms with van der Waals surface area (Å²) in [6.07, 6.45) is 3.79. The van der Waals surface area contributed by atoms with Gasteiger partial charge in [-0.25, -0.2) is 9.89 Å². The summed E-state index contributed by atoms with van der Waals surface area (Å²) in [7, 11) is 0. The van der Waals surface area contributed by atoms with Crippen LogP contribution in [0.5, 0.6) is 11.5 Å². The highest BCUT2D eigenvalue weighted by molar-refractivity contribution is 5.86. The summed E-state index contributed by atoms with van der Waals surface area (Å²) in [5.41, 5.74) is 0.849. The number of hydrogen-bond acceptors (Lipinski definition) is 6. The number of nitriles is 1. The molecule has 1 fully saturated rings. The lowest BCUT2D eigenvalue weighted by atomic mass is 9.83. The molecule has 2 aromatic rings. The molecule has 0 aromatic heterocycles. The predicted molar refractivity (Wildman–Crippen MR) is 102 cm³/mol. The van der Waals surface area contributed by atoms with Gasteiger partial charge < -0.3 is 14.4 Å². The molecule has 0 spiro atoms. The van der Waals surface area contributed by atoms with Crippen molar-refractivity contribution in [2.45, 2.75) is 50.2 Å². The van der Waals surface area contributed by atoms with E-state index in [1.165, 1.54) is 0 Å². The molecule has 4 atom stereocenters. The number of ether oxygens (including phenoxy) is 2. The van der Waals surface area contributed by atoms with E-state index in [9.17, 15) is 5.26 Å². The van der Waals surface area contributed by atoms with Crippen LogP contribution in [0.3, 0.4) is 0 Å². The van der Waals surface area contributed by atoms with Crippen molar-refractivity contribution in [3.63, 3.8) is 0 Å². The Bertz CT molecular complexity index is 1080. The van der Waals surface area contributed by atoms with Gasteiger partial charge in [-0.1, -0.05) is 36.4 Å². The van der Waals surface area contributed by atoms with Crippen LogP contribution in [0.25, 0.3) is 0 Å². The highest BCUT2D eigenvalue weighted by Gasteiger charge is 2.58. The van der Waals surface area contributed by atoms with E-state index in [0.717, 1.165) is 29.0 Å². The second-order valence-electron chi connectivity index (χ2n) is 8.32. The maximum Gasteiger partial charge on any atom is 0.218 e. The summed E-state index contributed by atoms with van der Waals surface area (Å²) in [6.45, 7) is 3.97. The molecule has 0 amide bonds. The number of fused-ring (bicyclic) bond motifs is 11. The molecule has 140 valence electrons. The lowest BCUT2D eigenvalue weighted by Gasteiger charge is -2.59. The van der Waals surface area contributed by atoms with Crippen LogP contribution in [0, 0.1) is 11.5 Å². The number of guanidine groups is 1. The lowest BCUT2D eigenvalue weighted by Crippen LogP contribution is -2.67. The minimum Gasteiger partial charge on any atom is -0.467 e. The lowest BCUT2D eigenvalue weighted by molar-refractivity contribution is -0.0978. The van der Waals surface area contributed by atoms with Crippen molar-refractivity contribution in [1.82, 2.24) is 9.80 Å². The summed E-state index contributed by atoms with van der Waals surface area (Å²) >= 11 is 0. The van der Waals surface area contributed by atoms with Gasteiger partial charge in [0.05, 0.1) is 12.1 Å². The van der Waals surface area contributed by atoms with Gasteiger partial charge in [-0.3, -0.25) is 0 Å². The molecule has 4 aliphatic heterocycles. The second-order valence-corrected chi connectivity index (χ2v) is 8.32. The Morgan fingerprint density at radius 2 is 1.57 bits per heavy atom. The van der Waals surface area contributed by atoms with Crippen LogP contribution in [0.15, 0.2) is 53.5 Å². The van der Waals surface area contributed by atoms with Crippen LogP contribution < -0.4 is 9.47 Å². The van der Waals surface area contributed by atoms with Crippen LogP contribution in [0.1, 0.15) is 49.9 Å². The van der Waals surface area contributed by atoms with Crippen molar-refractivity contribution >= 4 is 5.96 Å². The van der Waals surface area contributed by atoms with E-state index in [0.29, 0.717) is 12.4 Å². The molecular weight excluding hydrogens is 352 g/mol. The molecule has 6 nitrogen and oxygen atoms in total. The zero-order chi connectivity index (χ0) is 19.1.